The third-order valence-electron chi connectivity index (χ3n) is 5.77. The maximum absolute atomic E-state index is 13.3. The van der Waals surface area contributed by atoms with Gasteiger partial charge in [-0.3, -0.25) is 4.79 Å². The summed E-state index contributed by atoms with van der Waals surface area (Å²) in [6, 6.07) is 21.7. The summed E-state index contributed by atoms with van der Waals surface area (Å²) in [6.45, 7) is 1.98. The lowest BCUT2D eigenvalue weighted by molar-refractivity contribution is -0.123. The van der Waals surface area contributed by atoms with Crippen LogP contribution in [0.15, 0.2) is 79.0 Å². The van der Waals surface area contributed by atoms with E-state index in [1.165, 1.54) is 12.1 Å². The topological polar surface area (TPSA) is 56.1 Å². The van der Waals surface area contributed by atoms with Crippen molar-refractivity contribution in [2.24, 2.45) is 5.92 Å². The number of hydrogen-bond donors (Lipinski definition) is 1. The second-order valence-corrected chi connectivity index (χ2v) is 8.27. The van der Waals surface area contributed by atoms with Crippen LogP contribution in [0.1, 0.15) is 31.4 Å². The number of ether oxygens (including phenoxy) is 1. The zero-order chi connectivity index (χ0) is 22.1. The highest BCUT2D eigenvalue weighted by Crippen LogP contribution is 2.31. The first-order valence-electron chi connectivity index (χ1n) is 10.8. The normalized spacial score (nSPS) is 15.3. The lowest BCUT2D eigenvalue weighted by Crippen LogP contribution is -2.39. The van der Waals surface area contributed by atoms with Gasteiger partial charge < -0.3 is 10.1 Å². The zero-order valence-corrected chi connectivity index (χ0v) is 17.7. The molecule has 6 heteroatoms. The number of carbonyl (C=O) groups excluding carboxylic acids is 1. The Labute approximate surface area is 185 Å². The van der Waals surface area contributed by atoms with E-state index < -0.39 is 0 Å². The molecule has 0 aliphatic heterocycles. The molecule has 1 aliphatic rings. The van der Waals surface area contributed by atoms with Crippen molar-refractivity contribution in [3.05, 3.63) is 90.4 Å². The lowest BCUT2D eigenvalue weighted by Gasteiger charge is -2.26. The number of fused-ring (bicyclic) bond motifs is 1. The number of benzene rings is 3. The number of aromatic nitrogens is 2. The van der Waals surface area contributed by atoms with Crippen LogP contribution in [0.5, 0.6) is 5.75 Å². The fourth-order valence-electron chi connectivity index (χ4n) is 3.88. The predicted molar refractivity (Wildman–Crippen MR) is 121 cm³/mol. The molecular formula is C26H24FN3O2. The second-order valence-electron chi connectivity index (χ2n) is 8.27. The SMILES string of the molecule is CC(NC(=O)C1CC1)C(Oc1ccc2c(cnn2-c2ccc(F)cc2)c1)c1ccccc1. The Kier molecular flexibility index (Phi) is 5.35. The Morgan fingerprint density at radius 3 is 2.56 bits per heavy atom. The van der Waals surface area contributed by atoms with Gasteiger partial charge in [0.15, 0.2) is 0 Å². The first kappa shape index (κ1) is 20.2. The third-order valence-corrected chi connectivity index (χ3v) is 5.77. The van der Waals surface area contributed by atoms with Crippen LogP contribution in [-0.4, -0.2) is 21.7 Å². The number of nitrogens with one attached hydrogen (secondary N) is 1. The molecule has 4 aromatic rings. The van der Waals surface area contributed by atoms with Gasteiger partial charge >= 0.3 is 0 Å². The van der Waals surface area contributed by atoms with Crippen molar-refractivity contribution in [2.75, 3.05) is 0 Å². The molecule has 0 saturated heterocycles. The van der Waals surface area contributed by atoms with Crippen molar-refractivity contribution >= 4 is 16.8 Å². The van der Waals surface area contributed by atoms with Crippen LogP contribution in [0.3, 0.4) is 0 Å². The van der Waals surface area contributed by atoms with Gasteiger partial charge in [0.1, 0.15) is 17.7 Å². The van der Waals surface area contributed by atoms with E-state index in [1.807, 2.05) is 55.5 Å². The number of hydrogen-bond acceptors (Lipinski definition) is 3. The van der Waals surface area contributed by atoms with E-state index in [2.05, 4.69) is 10.4 Å². The second kappa shape index (κ2) is 8.46. The lowest BCUT2D eigenvalue weighted by atomic mass is 10.0. The Hall–Kier alpha value is -3.67. The van der Waals surface area contributed by atoms with Crippen molar-refractivity contribution in [3.63, 3.8) is 0 Å². The van der Waals surface area contributed by atoms with Crippen molar-refractivity contribution in [2.45, 2.75) is 31.9 Å². The number of amides is 1. The molecule has 32 heavy (non-hydrogen) atoms. The number of carbonyl (C=O) groups is 1. The molecule has 1 saturated carbocycles. The average molecular weight is 429 g/mol. The molecule has 162 valence electrons. The van der Waals surface area contributed by atoms with Gasteiger partial charge in [0, 0.05) is 11.3 Å². The van der Waals surface area contributed by atoms with Gasteiger partial charge in [-0.1, -0.05) is 30.3 Å². The van der Waals surface area contributed by atoms with E-state index in [4.69, 9.17) is 4.74 Å². The summed E-state index contributed by atoms with van der Waals surface area (Å²) in [5.41, 5.74) is 2.68. The summed E-state index contributed by atoms with van der Waals surface area (Å²) in [5, 5.41) is 8.48. The first-order valence-corrected chi connectivity index (χ1v) is 10.8. The average Bonchev–Trinajstić information content (AvgIpc) is 3.58. The highest BCUT2D eigenvalue weighted by atomic mass is 19.1. The standard InChI is InChI=1S/C26H24FN3O2/c1-17(29-26(31)19-7-8-19)25(18-5-3-2-4-6-18)32-23-13-14-24-20(15-23)16-28-30(24)22-11-9-21(27)10-12-22/h2-6,9-17,19,25H,7-8H2,1H3,(H,29,31). The van der Waals surface area contributed by atoms with Crippen LogP contribution in [0.4, 0.5) is 4.39 Å². The highest BCUT2D eigenvalue weighted by molar-refractivity contribution is 5.82. The van der Waals surface area contributed by atoms with Crippen LogP contribution < -0.4 is 10.1 Å². The summed E-state index contributed by atoms with van der Waals surface area (Å²) in [4.78, 5) is 12.3. The molecule has 1 fully saturated rings. The van der Waals surface area contributed by atoms with Crippen molar-refractivity contribution < 1.29 is 13.9 Å². The van der Waals surface area contributed by atoms with Crippen LogP contribution in [0.2, 0.25) is 0 Å². The molecule has 3 aromatic carbocycles. The van der Waals surface area contributed by atoms with E-state index in [0.717, 1.165) is 35.0 Å². The molecule has 1 aliphatic carbocycles. The molecule has 0 spiro atoms. The molecule has 1 aromatic heterocycles. The molecule has 1 amide bonds. The summed E-state index contributed by atoms with van der Waals surface area (Å²) >= 11 is 0. The van der Waals surface area contributed by atoms with E-state index in [9.17, 15) is 9.18 Å². The fraction of sp³-hybridized carbons (Fsp3) is 0.231. The summed E-state index contributed by atoms with van der Waals surface area (Å²) in [7, 11) is 0. The molecule has 0 radical (unpaired) electrons. The summed E-state index contributed by atoms with van der Waals surface area (Å²) in [6.07, 6.45) is 3.36. The monoisotopic (exact) mass is 429 g/mol. The Morgan fingerprint density at radius 1 is 1.09 bits per heavy atom. The molecule has 2 unspecified atom stereocenters. The maximum Gasteiger partial charge on any atom is 0.223 e. The number of nitrogens with zero attached hydrogens (tertiary/aromatic N) is 2. The minimum absolute atomic E-state index is 0.0954. The summed E-state index contributed by atoms with van der Waals surface area (Å²) in [5.74, 6) is 0.647. The van der Waals surface area contributed by atoms with Crippen LogP contribution in [0.25, 0.3) is 16.6 Å². The third kappa shape index (κ3) is 4.21. The van der Waals surface area contributed by atoms with E-state index in [0.29, 0.717) is 5.75 Å². The minimum atomic E-state index is -0.330. The van der Waals surface area contributed by atoms with Gasteiger partial charge in [-0.2, -0.15) is 5.10 Å². The van der Waals surface area contributed by atoms with E-state index in [1.54, 1.807) is 23.0 Å². The van der Waals surface area contributed by atoms with Gasteiger partial charge in [-0.15, -0.1) is 0 Å². The molecule has 5 rings (SSSR count). The van der Waals surface area contributed by atoms with Gasteiger partial charge in [-0.25, -0.2) is 9.07 Å². The summed E-state index contributed by atoms with van der Waals surface area (Å²) < 4.78 is 21.4. The Bertz CT molecular complexity index is 1230. The van der Waals surface area contributed by atoms with E-state index >= 15 is 0 Å². The van der Waals surface area contributed by atoms with Crippen LogP contribution >= 0.6 is 0 Å². The molecule has 1 heterocycles. The van der Waals surface area contributed by atoms with Crippen molar-refractivity contribution in [1.29, 1.82) is 0 Å². The minimum Gasteiger partial charge on any atom is -0.484 e. The van der Waals surface area contributed by atoms with Crippen LogP contribution in [-0.2, 0) is 4.79 Å². The van der Waals surface area contributed by atoms with Gasteiger partial charge in [0.2, 0.25) is 5.91 Å². The predicted octanol–water partition coefficient (Wildman–Crippen LogP) is 5.20. The van der Waals surface area contributed by atoms with Crippen molar-refractivity contribution in [3.8, 4) is 11.4 Å². The maximum atomic E-state index is 13.3. The fourth-order valence-corrected chi connectivity index (χ4v) is 3.88. The van der Waals surface area contributed by atoms with Gasteiger partial charge in [-0.05, 0) is 67.8 Å². The van der Waals surface area contributed by atoms with Gasteiger partial charge in [0.25, 0.3) is 0 Å². The Morgan fingerprint density at radius 2 is 1.84 bits per heavy atom. The quantitative estimate of drug-likeness (QED) is 0.439. The van der Waals surface area contributed by atoms with Gasteiger partial charge in [0.05, 0.1) is 23.4 Å². The smallest absolute Gasteiger partial charge is 0.223 e. The Balaban J connectivity index is 1.42. The molecular weight excluding hydrogens is 405 g/mol. The first-order chi connectivity index (χ1) is 15.6. The van der Waals surface area contributed by atoms with E-state index in [-0.39, 0.29) is 29.8 Å². The highest BCUT2D eigenvalue weighted by Gasteiger charge is 2.32. The number of halogens is 1. The molecule has 5 nitrogen and oxygen atoms in total. The van der Waals surface area contributed by atoms with Crippen molar-refractivity contribution in [1.82, 2.24) is 15.1 Å². The molecule has 1 N–H and O–H groups in total. The van der Waals surface area contributed by atoms with Crippen LogP contribution in [0, 0.1) is 11.7 Å². The number of rotatable bonds is 7. The molecule has 2 atom stereocenters. The molecule has 0 bridgehead atoms. The largest absolute Gasteiger partial charge is 0.484 e. The zero-order valence-electron chi connectivity index (χ0n) is 17.7.